The van der Waals surface area contributed by atoms with E-state index in [9.17, 15) is 0 Å². The molecule has 1 aromatic rings. The van der Waals surface area contributed by atoms with Crippen LogP contribution in [0.5, 0.6) is 5.75 Å². The maximum absolute atomic E-state index is 8.87. The van der Waals surface area contributed by atoms with Crippen molar-refractivity contribution < 1.29 is 4.74 Å². The minimum atomic E-state index is -0.363. The molecule has 86 valence electrons. The van der Waals surface area contributed by atoms with Gasteiger partial charge in [0.05, 0.1) is 0 Å². The third kappa shape index (κ3) is 3.25. The zero-order valence-electron chi connectivity index (χ0n) is 10.1. The highest BCUT2D eigenvalue weighted by atomic mass is 16.5. The molecule has 1 aromatic carbocycles. The topological polar surface area (TPSA) is 45.0 Å². The maximum Gasteiger partial charge on any atom is 0.184 e. The van der Waals surface area contributed by atoms with E-state index in [0.29, 0.717) is 6.42 Å². The van der Waals surface area contributed by atoms with Gasteiger partial charge in [0.2, 0.25) is 0 Å². The Kier molecular flexibility index (Phi) is 4.81. The number of rotatable bonds is 5. The Morgan fingerprint density at radius 1 is 1.50 bits per heavy atom. The fraction of sp³-hybridized carbons (Fsp3) is 0.462. The van der Waals surface area contributed by atoms with Gasteiger partial charge in [-0.2, -0.15) is 5.26 Å². The van der Waals surface area contributed by atoms with Gasteiger partial charge in [-0.3, -0.25) is 0 Å². The molecule has 0 aromatic heterocycles. The van der Waals surface area contributed by atoms with Crippen LogP contribution in [0.4, 0.5) is 0 Å². The van der Waals surface area contributed by atoms with Crippen LogP contribution < -0.4 is 10.1 Å². The van der Waals surface area contributed by atoms with Gasteiger partial charge in [0.1, 0.15) is 11.8 Å². The lowest BCUT2D eigenvalue weighted by atomic mass is 10.1. The zero-order chi connectivity index (χ0) is 12.0. The molecule has 1 unspecified atom stereocenters. The summed E-state index contributed by atoms with van der Waals surface area (Å²) < 4.78 is 5.65. The summed E-state index contributed by atoms with van der Waals surface area (Å²) in [4.78, 5) is 0. The van der Waals surface area contributed by atoms with Gasteiger partial charge in [-0.25, -0.2) is 0 Å². The van der Waals surface area contributed by atoms with Gasteiger partial charge in [0.25, 0.3) is 0 Å². The number of hydrogen-bond donors (Lipinski definition) is 1. The van der Waals surface area contributed by atoms with Crippen LogP contribution in [0.25, 0.3) is 0 Å². The van der Waals surface area contributed by atoms with Crippen LogP contribution in [0.2, 0.25) is 0 Å². The molecule has 0 saturated carbocycles. The Hall–Kier alpha value is -1.53. The van der Waals surface area contributed by atoms with Gasteiger partial charge in [0.15, 0.2) is 6.10 Å². The summed E-state index contributed by atoms with van der Waals surface area (Å²) in [5.41, 5.74) is 2.29. The molecule has 0 bridgehead atoms. The first-order valence-corrected chi connectivity index (χ1v) is 5.51. The first-order valence-electron chi connectivity index (χ1n) is 5.51. The van der Waals surface area contributed by atoms with Crippen molar-refractivity contribution in [3.8, 4) is 11.8 Å². The zero-order valence-corrected chi connectivity index (χ0v) is 10.1. The molecule has 1 atom stereocenters. The first kappa shape index (κ1) is 12.5. The second-order valence-corrected chi connectivity index (χ2v) is 3.79. The van der Waals surface area contributed by atoms with E-state index in [1.165, 1.54) is 5.56 Å². The average molecular weight is 218 g/mol. The van der Waals surface area contributed by atoms with E-state index in [4.69, 9.17) is 10.00 Å². The average Bonchev–Trinajstić information content (AvgIpc) is 2.29. The first-order chi connectivity index (χ1) is 7.71. The Balaban J connectivity index is 2.90. The number of nitrogens with one attached hydrogen (secondary N) is 1. The molecule has 16 heavy (non-hydrogen) atoms. The van der Waals surface area contributed by atoms with Gasteiger partial charge in [-0.1, -0.05) is 24.6 Å². The van der Waals surface area contributed by atoms with E-state index in [1.54, 1.807) is 0 Å². The van der Waals surface area contributed by atoms with Crippen molar-refractivity contribution in [2.24, 2.45) is 0 Å². The normalized spacial score (nSPS) is 11.9. The van der Waals surface area contributed by atoms with Crippen molar-refractivity contribution in [2.45, 2.75) is 32.9 Å². The van der Waals surface area contributed by atoms with Gasteiger partial charge in [-0.05, 0) is 26.5 Å². The lowest BCUT2D eigenvalue weighted by molar-refractivity contribution is 0.249. The molecular weight excluding hydrogens is 200 g/mol. The third-order valence-corrected chi connectivity index (χ3v) is 2.37. The van der Waals surface area contributed by atoms with Crippen molar-refractivity contribution in [3.63, 3.8) is 0 Å². The fourth-order valence-corrected chi connectivity index (χ4v) is 1.51. The van der Waals surface area contributed by atoms with Crippen LogP contribution in [0.1, 0.15) is 24.5 Å². The molecule has 1 N–H and O–H groups in total. The van der Waals surface area contributed by atoms with E-state index in [-0.39, 0.29) is 6.10 Å². The Labute approximate surface area is 97.0 Å². The lowest BCUT2D eigenvalue weighted by Gasteiger charge is -2.14. The fourth-order valence-electron chi connectivity index (χ4n) is 1.51. The molecule has 3 nitrogen and oxygen atoms in total. The summed E-state index contributed by atoms with van der Waals surface area (Å²) in [5, 5.41) is 12.0. The molecule has 0 radical (unpaired) electrons. The number of ether oxygens (including phenoxy) is 1. The van der Waals surface area contributed by atoms with E-state index in [2.05, 4.69) is 17.5 Å². The third-order valence-electron chi connectivity index (χ3n) is 2.37. The highest BCUT2D eigenvalue weighted by molar-refractivity contribution is 5.37. The number of hydrogen-bond acceptors (Lipinski definition) is 3. The minimum absolute atomic E-state index is 0.363. The molecule has 0 amide bonds. The number of benzene rings is 1. The van der Waals surface area contributed by atoms with Gasteiger partial charge in [-0.15, -0.1) is 0 Å². The number of nitriles is 1. The predicted octanol–water partition coefficient (Wildman–Crippen LogP) is 2.40. The van der Waals surface area contributed by atoms with Gasteiger partial charge < -0.3 is 10.1 Å². The molecule has 0 aliphatic carbocycles. The predicted molar refractivity (Wildman–Crippen MR) is 64.3 cm³/mol. The molecule has 0 spiro atoms. The number of nitrogens with zero attached hydrogens (tertiary/aromatic N) is 1. The Bertz CT molecular complexity index is 382. The second-order valence-electron chi connectivity index (χ2n) is 3.79. The van der Waals surface area contributed by atoms with Crippen LogP contribution in [-0.4, -0.2) is 13.2 Å². The van der Waals surface area contributed by atoms with Crippen LogP contribution >= 0.6 is 0 Å². The highest BCUT2D eigenvalue weighted by Crippen LogP contribution is 2.21. The molecule has 0 heterocycles. The number of aryl methyl sites for hydroxylation is 1. The highest BCUT2D eigenvalue weighted by Gasteiger charge is 2.09. The van der Waals surface area contributed by atoms with Crippen molar-refractivity contribution in [3.05, 3.63) is 29.3 Å². The van der Waals surface area contributed by atoms with Crippen LogP contribution in [0, 0.1) is 18.3 Å². The summed E-state index contributed by atoms with van der Waals surface area (Å²) in [6.07, 6.45) is 0.335. The van der Waals surface area contributed by atoms with Crippen molar-refractivity contribution in [2.75, 3.05) is 7.05 Å². The molecule has 0 aliphatic rings. The van der Waals surface area contributed by atoms with Crippen molar-refractivity contribution in [1.82, 2.24) is 5.32 Å². The summed E-state index contributed by atoms with van der Waals surface area (Å²) in [6.45, 7) is 4.74. The lowest BCUT2D eigenvalue weighted by Crippen LogP contribution is -2.15. The molecule has 0 fully saturated rings. The van der Waals surface area contributed by atoms with Gasteiger partial charge in [0, 0.05) is 12.1 Å². The van der Waals surface area contributed by atoms with E-state index >= 15 is 0 Å². The van der Waals surface area contributed by atoms with E-state index < -0.39 is 0 Å². The van der Waals surface area contributed by atoms with E-state index in [1.807, 2.05) is 33.0 Å². The summed E-state index contributed by atoms with van der Waals surface area (Å²) in [7, 11) is 1.90. The quantitative estimate of drug-likeness (QED) is 0.825. The van der Waals surface area contributed by atoms with Crippen LogP contribution in [0.3, 0.4) is 0 Å². The van der Waals surface area contributed by atoms with Crippen molar-refractivity contribution in [1.29, 1.82) is 5.26 Å². The molecule has 3 heteroatoms. The summed E-state index contributed by atoms with van der Waals surface area (Å²) in [6, 6.07) is 8.15. The maximum atomic E-state index is 8.87. The Morgan fingerprint density at radius 3 is 2.81 bits per heavy atom. The molecule has 0 aliphatic heterocycles. The summed E-state index contributed by atoms with van der Waals surface area (Å²) >= 11 is 0. The summed E-state index contributed by atoms with van der Waals surface area (Å²) in [5.74, 6) is 0.799. The molecule has 1 rings (SSSR count). The molecule has 0 saturated heterocycles. The van der Waals surface area contributed by atoms with Crippen LogP contribution in [0.15, 0.2) is 18.2 Å². The second kappa shape index (κ2) is 6.14. The molecular formula is C13H18N2O. The standard InChI is InChI=1S/C13H18N2O/c1-4-12(8-14)16-13-6-5-10(2)7-11(13)9-15-3/h5-7,12,15H,4,9H2,1-3H3. The van der Waals surface area contributed by atoms with Gasteiger partial charge >= 0.3 is 0 Å². The van der Waals surface area contributed by atoms with Crippen LogP contribution in [-0.2, 0) is 6.54 Å². The Morgan fingerprint density at radius 2 is 2.25 bits per heavy atom. The smallest absolute Gasteiger partial charge is 0.184 e. The largest absolute Gasteiger partial charge is 0.475 e. The minimum Gasteiger partial charge on any atom is -0.475 e. The monoisotopic (exact) mass is 218 g/mol. The SMILES string of the molecule is CCC(C#N)Oc1ccc(C)cc1CNC. The van der Waals surface area contributed by atoms with E-state index in [0.717, 1.165) is 17.9 Å². The van der Waals surface area contributed by atoms with Crippen molar-refractivity contribution >= 4 is 0 Å².